The van der Waals surface area contributed by atoms with Crippen LogP contribution in [0.3, 0.4) is 0 Å². The van der Waals surface area contributed by atoms with E-state index in [-0.39, 0.29) is 16.9 Å². The number of fused-ring (bicyclic) bond motifs is 1. The second kappa shape index (κ2) is 5.84. The van der Waals surface area contributed by atoms with E-state index in [1.165, 1.54) is 0 Å². The maximum atomic E-state index is 12.1. The highest BCUT2D eigenvalue weighted by Crippen LogP contribution is 2.36. The topological polar surface area (TPSA) is 28.7 Å². The SMILES string of the molecule is CC.Cc1cc2[nH]c(SC(F)(F)F)nc2cc1Cl. The number of benzene rings is 1. The van der Waals surface area contributed by atoms with Crippen LogP contribution in [-0.4, -0.2) is 15.5 Å². The quantitative estimate of drug-likeness (QED) is 0.736. The molecule has 2 aromatic rings. The molecule has 0 aliphatic rings. The molecule has 0 unspecified atom stereocenters. The summed E-state index contributed by atoms with van der Waals surface area (Å²) < 4.78 is 36.3. The molecule has 0 atom stereocenters. The molecule has 0 radical (unpaired) electrons. The van der Waals surface area contributed by atoms with E-state index in [9.17, 15) is 13.2 Å². The Morgan fingerprint density at radius 3 is 2.44 bits per heavy atom. The standard InChI is InChI=1S/C9H6ClF3N2S.C2H6/c1-4-2-6-7(3-5(4)10)15-8(14-6)16-9(11,12)13;1-2/h2-3H,1H3,(H,14,15);1-2H3. The van der Waals surface area contributed by atoms with Crippen molar-refractivity contribution in [1.82, 2.24) is 9.97 Å². The van der Waals surface area contributed by atoms with Gasteiger partial charge in [-0.15, -0.1) is 0 Å². The molecule has 1 N–H and O–H groups in total. The lowest BCUT2D eigenvalue weighted by Crippen LogP contribution is -1.99. The molecule has 18 heavy (non-hydrogen) atoms. The molecule has 0 amide bonds. The molecular formula is C11H12ClF3N2S. The van der Waals surface area contributed by atoms with Gasteiger partial charge >= 0.3 is 5.51 Å². The molecule has 0 fully saturated rings. The summed E-state index contributed by atoms with van der Waals surface area (Å²) in [5, 5.41) is 0.312. The van der Waals surface area contributed by atoms with Crippen LogP contribution in [0.4, 0.5) is 13.2 Å². The van der Waals surface area contributed by atoms with Crippen molar-refractivity contribution in [3.05, 3.63) is 22.7 Å². The van der Waals surface area contributed by atoms with Gasteiger partial charge < -0.3 is 4.98 Å². The van der Waals surface area contributed by atoms with Crippen LogP contribution in [0.1, 0.15) is 19.4 Å². The Bertz CT molecular complexity index is 498. The zero-order valence-electron chi connectivity index (χ0n) is 10.0. The molecular weight excluding hydrogens is 285 g/mol. The minimum absolute atomic E-state index is 0.177. The van der Waals surface area contributed by atoms with E-state index < -0.39 is 5.51 Å². The third kappa shape index (κ3) is 3.81. The number of rotatable bonds is 1. The average Bonchev–Trinajstić information content (AvgIpc) is 2.60. The van der Waals surface area contributed by atoms with Gasteiger partial charge in [0.15, 0.2) is 5.16 Å². The first-order valence-corrected chi connectivity index (χ1v) is 6.46. The molecule has 0 bridgehead atoms. The predicted octanol–water partition coefficient (Wildman–Crippen LogP) is 5.16. The van der Waals surface area contributed by atoms with Gasteiger partial charge in [-0.25, -0.2) is 4.98 Å². The third-order valence-corrected chi connectivity index (χ3v) is 2.98. The van der Waals surface area contributed by atoms with Crippen molar-refractivity contribution in [2.24, 2.45) is 0 Å². The minimum atomic E-state index is -4.34. The van der Waals surface area contributed by atoms with Gasteiger partial charge in [-0.1, -0.05) is 25.4 Å². The highest BCUT2D eigenvalue weighted by atomic mass is 35.5. The van der Waals surface area contributed by atoms with Gasteiger partial charge in [-0.3, -0.25) is 0 Å². The number of H-pyrrole nitrogens is 1. The highest BCUT2D eigenvalue weighted by molar-refractivity contribution is 8.00. The van der Waals surface area contributed by atoms with Crippen molar-refractivity contribution in [3.8, 4) is 0 Å². The summed E-state index contributed by atoms with van der Waals surface area (Å²) in [5.74, 6) is 0. The zero-order chi connectivity index (χ0) is 13.9. The Morgan fingerprint density at radius 1 is 1.28 bits per heavy atom. The van der Waals surface area contributed by atoms with E-state index in [1.54, 1.807) is 19.1 Å². The zero-order valence-corrected chi connectivity index (χ0v) is 11.6. The molecule has 100 valence electrons. The summed E-state index contributed by atoms with van der Waals surface area (Å²) in [7, 11) is 0. The average molecular weight is 297 g/mol. The molecule has 7 heteroatoms. The van der Waals surface area contributed by atoms with Gasteiger partial charge in [-0.2, -0.15) is 13.2 Å². The largest absolute Gasteiger partial charge is 0.449 e. The van der Waals surface area contributed by atoms with Crippen LogP contribution < -0.4 is 0 Å². The van der Waals surface area contributed by atoms with Gasteiger partial charge in [0.2, 0.25) is 0 Å². The minimum Gasteiger partial charge on any atom is -0.333 e. The van der Waals surface area contributed by atoms with Crippen molar-refractivity contribution in [2.45, 2.75) is 31.4 Å². The van der Waals surface area contributed by atoms with Gasteiger partial charge in [-0.05, 0) is 24.6 Å². The van der Waals surface area contributed by atoms with Crippen molar-refractivity contribution >= 4 is 34.4 Å². The fraction of sp³-hybridized carbons (Fsp3) is 0.364. The number of aromatic nitrogens is 2. The van der Waals surface area contributed by atoms with Gasteiger partial charge in [0.1, 0.15) is 0 Å². The normalized spacial score (nSPS) is 11.3. The lowest BCUT2D eigenvalue weighted by molar-refractivity contribution is -0.0330. The summed E-state index contributed by atoms with van der Waals surface area (Å²) in [5.41, 5.74) is -2.57. The van der Waals surface area contributed by atoms with Crippen molar-refractivity contribution in [3.63, 3.8) is 0 Å². The molecule has 1 heterocycles. The highest BCUT2D eigenvalue weighted by Gasteiger charge is 2.31. The fourth-order valence-corrected chi connectivity index (χ4v) is 1.96. The number of hydrogen-bond donors (Lipinski definition) is 1. The van der Waals surface area contributed by atoms with Crippen molar-refractivity contribution in [2.75, 3.05) is 0 Å². The molecule has 0 aliphatic carbocycles. The summed E-state index contributed by atoms with van der Waals surface area (Å²) in [6, 6.07) is 3.22. The molecule has 0 saturated carbocycles. The monoisotopic (exact) mass is 296 g/mol. The second-order valence-electron chi connectivity index (χ2n) is 3.21. The van der Waals surface area contributed by atoms with E-state index in [2.05, 4.69) is 9.97 Å². The number of alkyl halides is 3. The Morgan fingerprint density at radius 2 is 1.89 bits per heavy atom. The van der Waals surface area contributed by atoms with Crippen molar-refractivity contribution < 1.29 is 13.2 Å². The molecule has 0 spiro atoms. The molecule has 2 nitrogen and oxygen atoms in total. The first-order chi connectivity index (χ1) is 8.35. The van der Waals surface area contributed by atoms with E-state index in [0.717, 1.165) is 5.56 Å². The number of aromatic amines is 1. The third-order valence-electron chi connectivity index (χ3n) is 1.95. The number of thioether (sulfide) groups is 1. The summed E-state index contributed by atoms with van der Waals surface area (Å²) >= 11 is 5.58. The van der Waals surface area contributed by atoms with Gasteiger partial charge in [0, 0.05) is 16.8 Å². The summed E-state index contributed by atoms with van der Waals surface area (Å²) in [6.45, 7) is 5.78. The Labute approximate surface area is 112 Å². The van der Waals surface area contributed by atoms with E-state index in [0.29, 0.717) is 16.1 Å². The Balaban J connectivity index is 0.000000771. The maximum Gasteiger partial charge on any atom is 0.449 e. The molecule has 1 aromatic carbocycles. The Hall–Kier alpha value is -0.880. The lowest BCUT2D eigenvalue weighted by atomic mass is 10.2. The molecule has 2 rings (SSSR count). The number of nitrogens with one attached hydrogen (secondary N) is 1. The van der Waals surface area contributed by atoms with Crippen LogP contribution in [0.15, 0.2) is 17.3 Å². The van der Waals surface area contributed by atoms with E-state index >= 15 is 0 Å². The number of imidazole rings is 1. The summed E-state index contributed by atoms with van der Waals surface area (Å²) in [4.78, 5) is 6.40. The number of aryl methyl sites for hydroxylation is 1. The fourth-order valence-electron chi connectivity index (χ4n) is 1.27. The second-order valence-corrected chi connectivity index (χ2v) is 4.67. The van der Waals surface area contributed by atoms with E-state index in [1.807, 2.05) is 13.8 Å². The van der Waals surface area contributed by atoms with Gasteiger partial charge in [0.05, 0.1) is 11.0 Å². The maximum absolute atomic E-state index is 12.1. The van der Waals surface area contributed by atoms with Crippen LogP contribution in [0.2, 0.25) is 5.02 Å². The lowest BCUT2D eigenvalue weighted by Gasteiger charge is -2.00. The number of halogens is 4. The van der Waals surface area contributed by atoms with Crippen LogP contribution in [-0.2, 0) is 0 Å². The molecule has 0 aliphatic heterocycles. The van der Waals surface area contributed by atoms with Crippen LogP contribution in [0.25, 0.3) is 11.0 Å². The smallest absolute Gasteiger partial charge is 0.333 e. The number of hydrogen-bond acceptors (Lipinski definition) is 2. The van der Waals surface area contributed by atoms with Crippen molar-refractivity contribution in [1.29, 1.82) is 0 Å². The first-order valence-electron chi connectivity index (χ1n) is 5.27. The van der Waals surface area contributed by atoms with Gasteiger partial charge in [0.25, 0.3) is 0 Å². The number of nitrogens with zero attached hydrogens (tertiary/aromatic N) is 1. The van der Waals surface area contributed by atoms with Crippen LogP contribution in [0.5, 0.6) is 0 Å². The van der Waals surface area contributed by atoms with Crippen LogP contribution in [0, 0.1) is 6.92 Å². The van der Waals surface area contributed by atoms with Crippen LogP contribution >= 0.6 is 23.4 Å². The summed E-state index contributed by atoms with van der Waals surface area (Å²) in [6.07, 6.45) is 0. The van der Waals surface area contributed by atoms with E-state index in [4.69, 9.17) is 11.6 Å². The molecule has 1 aromatic heterocycles. The first kappa shape index (κ1) is 15.2. The Kier molecular flexibility index (Phi) is 4.92. The molecule has 0 saturated heterocycles. The predicted molar refractivity (Wildman–Crippen MR) is 69.1 cm³/mol.